The van der Waals surface area contributed by atoms with Gasteiger partial charge in [-0.2, -0.15) is 0 Å². The van der Waals surface area contributed by atoms with Crippen molar-refractivity contribution in [3.63, 3.8) is 0 Å². The summed E-state index contributed by atoms with van der Waals surface area (Å²) in [5, 5.41) is 3.03. The van der Waals surface area contributed by atoms with Crippen LogP contribution in [0.4, 0.5) is 0 Å². The first-order valence-electron chi connectivity index (χ1n) is 10.2. The molecule has 2 heterocycles. The summed E-state index contributed by atoms with van der Waals surface area (Å²) in [5.74, 6) is 0.748. The topological polar surface area (TPSA) is 67.2 Å². The van der Waals surface area contributed by atoms with Gasteiger partial charge in [0, 0.05) is 12.6 Å². The van der Waals surface area contributed by atoms with Crippen LogP contribution in [-0.2, 0) is 16.1 Å². The summed E-state index contributed by atoms with van der Waals surface area (Å²) < 4.78 is 1.98. The van der Waals surface area contributed by atoms with Crippen molar-refractivity contribution >= 4 is 22.8 Å². The summed E-state index contributed by atoms with van der Waals surface area (Å²) in [6.45, 7) is 2.52. The molecule has 0 unspecified atom stereocenters. The highest BCUT2D eigenvalue weighted by molar-refractivity contribution is 5.91. The summed E-state index contributed by atoms with van der Waals surface area (Å²) >= 11 is 0. The van der Waals surface area contributed by atoms with Crippen molar-refractivity contribution in [3.8, 4) is 0 Å². The normalized spacial score (nSPS) is 21.3. The second kappa shape index (κ2) is 7.03. The van der Waals surface area contributed by atoms with Crippen LogP contribution >= 0.6 is 0 Å². The molecular weight excluding hydrogens is 364 g/mol. The van der Waals surface area contributed by atoms with E-state index >= 15 is 0 Å². The van der Waals surface area contributed by atoms with Gasteiger partial charge in [-0.05, 0) is 37.5 Å². The van der Waals surface area contributed by atoms with Crippen molar-refractivity contribution in [1.29, 1.82) is 0 Å². The van der Waals surface area contributed by atoms with Gasteiger partial charge in [-0.1, -0.05) is 42.5 Å². The van der Waals surface area contributed by atoms with Gasteiger partial charge in [-0.25, -0.2) is 4.98 Å². The molecule has 6 heteroatoms. The number of amides is 2. The first-order chi connectivity index (χ1) is 14.1. The average molecular weight is 388 g/mol. The Labute approximate surface area is 169 Å². The fourth-order valence-corrected chi connectivity index (χ4v) is 4.18. The number of hydrogen-bond acceptors (Lipinski definition) is 3. The molecule has 0 bridgehead atoms. The number of aromatic nitrogens is 2. The number of carbonyl (C=O) groups is 2. The largest absolute Gasteiger partial charge is 0.353 e. The molecule has 6 nitrogen and oxygen atoms in total. The number of imidazole rings is 1. The van der Waals surface area contributed by atoms with Crippen molar-refractivity contribution in [2.24, 2.45) is 0 Å². The Bertz CT molecular complexity index is 1070. The van der Waals surface area contributed by atoms with Gasteiger partial charge < -0.3 is 14.8 Å². The number of hydrogen-bond donors (Lipinski definition) is 1. The second-order valence-electron chi connectivity index (χ2n) is 8.02. The maximum Gasteiger partial charge on any atom is 0.247 e. The molecule has 2 aromatic carbocycles. The average Bonchev–Trinajstić information content (AvgIpc) is 3.46. The number of nitrogens with zero attached hydrogens (tertiary/aromatic N) is 3. The molecule has 2 amide bonds. The zero-order chi connectivity index (χ0) is 20.0. The van der Waals surface area contributed by atoms with E-state index in [0.717, 1.165) is 35.3 Å². The molecule has 1 saturated carbocycles. The highest BCUT2D eigenvalue weighted by Crippen LogP contribution is 2.37. The molecule has 1 fully saturated rings. The van der Waals surface area contributed by atoms with E-state index in [1.54, 1.807) is 0 Å². The number of fused-ring (bicyclic) bond motifs is 3. The summed E-state index contributed by atoms with van der Waals surface area (Å²) in [4.78, 5) is 32.9. The molecule has 1 N–H and O–H groups in total. The van der Waals surface area contributed by atoms with Gasteiger partial charge in [-0.3, -0.25) is 9.59 Å². The number of benzene rings is 2. The predicted octanol–water partition coefficient (Wildman–Crippen LogP) is 3.35. The maximum atomic E-state index is 13.6. The lowest BCUT2D eigenvalue weighted by Gasteiger charge is -2.38. The molecule has 148 valence electrons. The second-order valence-corrected chi connectivity index (χ2v) is 8.02. The van der Waals surface area contributed by atoms with Crippen molar-refractivity contribution in [2.75, 3.05) is 0 Å². The standard InChI is InChI=1S/C23H24N4O2/c1-15-22-25-18-9-5-6-10-19(18)27(22)20(13-21(28)24-17-11-12-17)23(29)26(15)14-16-7-3-2-4-8-16/h2-10,15,17,20H,11-14H2,1H3,(H,24,28)/t15-,20-/m0/s1. The summed E-state index contributed by atoms with van der Waals surface area (Å²) in [6.07, 6.45) is 2.20. The van der Waals surface area contributed by atoms with Crippen LogP contribution in [0.5, 0.6) is 0 Å². The minimum absolute atomic E-state index is 0.0250. The van der Waals surface area contributed by atoms with E-state index < -0.39 is 6.04 Å². The fraction of sp³-hybridized carbons (Fsp3) is 0.348. The van der Waals surface area contributed by atoms with Crippen molar-refractivity contribution < 1.29 is 9.59 Å². The van der Waals surface area contributed by atoms with Gasteiger partial charge in [0.05, 0.1) is 23.5 Å². The lowest BCUT2D eigenvalue weighted by atomic mass is 10.0. The lowest BCUT2D eigenvalue weighted by Crippen LogP contribution is -2.46. The summed E-state index contributed by atoms with van der Waals surface area (Å²) in [7, 11) is 0. The predicted molar refractivity (Wildman–Crippen MR) is 110 cm³/mol. The zero-order valence-corrected chi connectivity index (χ0v) is 16.4. The van der Waals surface area contributed by atoms with Crippen LogP contribution < -0.4 is 5.32 Å². The van der Waals surface area contributed by atoms with Crippen LogP contribution in [0, 0.1) is 0 Å². The minimum Gasteiger partial charge on any atom is -0.353 e. The van der Waals surface area contributed by atoms with Gasteiger partial charge in [-0.15, -0.1) is 0 Å². The minimum atomic E-state index is -0.573. The quantitative estimate of drug-likeness (QED) is 0.729. The van der Waals surface area contributed by atoms with E-state index in [9.17, 15) is 9.59 Å². The van der Waals surface area contributed by atoms with Gasteiger partial charge in [0.1, 0.15) is 11.9 Å². The molecule has 0 saturated heterocycles. The molecule has 3 aromatic rings. The Morgan fingerprint density at radius 3 is 2.59 bits per heavy atom. The van der Waals surface area contributed by atoms with Crippen LogP contribution in [0.15, 0.2) is 54.6 Å². The first-order valence-corrected chi connectivity index (χ1v) is 10.2. The molecule has 0 spiro atoms. The third kappa shape index (κ3) is 3.28. The fourth-order valence-electron chi connectivity index (χ4n) is 4.18. The van der Waals surface area contributed by atoms with E-state index in [-0.39, 0.29) is 30.3 Å². The molecule has 1 aliphatic carbocycles. The van der Waals surface area contributed by atoms with Gasteiger partial charge in [0.25, 0.3) is 0 Å². The molecule has 1 aliphatic heterocycles. The molecule has 29 heavy (non-hydrogen) atoms. The highest BCUT2D eigenvalue weighted by Gasteiger charge is 2.40. The van der Waals surface area contributed by atoms with Gasteiger partial charge in [0.2, 0.25) is 11.8 Å². The third-order valence-electron chi connectivity index (χ3n) is 5.86. The number of carbonyl (C=O) groups excluding carboxylic acids is 2. The molecule has 0 radical (unpaired) electrons. The monoisotopic (exact) mass is 388 g/mol. The SMILES string of the molecule is C[C@H]1c2nc3ccccc3n2[C@@H](CC(=O)NC2CC2)C(=O)N1Cc1ccccc1. The van der Waals surface area contributed by atoms with Crippen LogP contribution in [0.3, 0.4) is 0 Å². The smallest absolute Gasteiger partial charge is 0.247 e. The third-order valence-corrected chi connectivity index (χ3v) is 5.86. The van der Waals surface area contributed by atoms with Crippen LogP contribution in [0.2, 0.25) is 0 Å². The molecule has 1 aromatic heterocycles. The van der Waals surface area contributed by atoms with E-state index in [1.807, 2.05) is 71.0 Å². The Kier molecular flexibility index (Phi) is 4.34. The van der Waals surface area contributed by atoms with Crippen molar-refractivity contribution in [3.05, 3.63) is 66.0 Å². The molecule has 2 aliphatic rings. The zero-order valence-electron chi connectivity index (χ0n) is 16.4. The molecule has 2 atom stereocenters. The molecule has 5 rings (SSSR count). The van der Waals surface area contributed by atoms with Crippen LogP contribution in [0.25, 0.3) is 11.0 Å². The number of nitrogens with one attached hydrogen (secondary N) is 1. The highest BCUT2D eigenvalue weighted by atomic mass is 16.2. The van der Waals surface area contributed by atoms with E-state index in [0.29, 0.717) is 6.54 Å². The van der Waals surface area contributed by atoms with E-state index in [2.05, 4.69) is 5.32 Å². The Morgan fingerprint density at radius 2 is 1.83 bits per heavy atom. The lowest BCUT2D eigenvalue weighted by molar-refractivity contribution is -0.142. The van der Waals surface area contributed by atoms with Crippen molar-refractivity contribution in [2.45, 2.75) is 50.9 Å². The summed E-state index contributed by atoms with van der Waals surface area (Å²) in [5.41, 5.74) is 2.83. The van der Waals surface area contributed by atoms with E-state index in [1.165, 1.54) is 0 Å². The Morgan fingerprint density at radius 1 is 1.10 bits per heavy atom. The van der Waals surface area contributed by atoms with E-state index in [4.69, 9.17) is 4.98 Å². The van der Waals surface area contributed by atoms with Gasteiger partial charge >= 0.3 is 0 Å². The Hall–Kier alpha value is -3.15. The van der Waals surface area contributed by atoms with Crippen molar-refractivity contribution in [1.82, 2.24) is 19.8 Å². The molecular formula is C23H24N4O2. The maximum absolute atomic E-state index is 13.6. The Balaban J connectivity index is 1.55. The number of para-hydroxylation sites is 2. The number of rotatable bonds is 5. The summed E-state index contributed by atoms with van der Waals surface area (Å²) in [6, 6.07) is 17.3. The van der Waals surface area contributed by atoms with Gasteiger partial charge in [0.15, 0.2) is 0 Å². The van der Waals surface area contributed by atoms with Crippen LogP contribution in [-0.4, -0.2) is 32.3 Å². The van der Waals surface area contributed by atoms with Crippen LogP contribution in [0.1, 0.15) is 49.7 Å². The first kappa shape index (κ1) is 17.9.